The zero-order chi connectivity index (χ0) is 22.5. The molecule has 0 spiro atoms. The molecule has 1 fully saturated rings. The molecule has 0 saturated carbocycles. The summed E-state index contributed by atoms with van der Waals surface area (Å²) in [4.78, 5) is 46.9. The average Bonchev–Trinajstić information content (AvgIpc) is 3.18. The van der Waals surface area contributed by atoms with E-state index in [1.54, 1.807) is 5.41 Å². The number of anilines is 1. The minimum atomic E-state index is -1.23. The Morgan fingerprint density at radius 1 is 1.58 bits per heavy atom. The van der Waals surface area contributed by atoms with Crippen molar-refractivity contribution in [1.82, 2.24) is 19.6 Å². The monoisotopic (exact) mass is 481 g/mol. The summed E-state index contributed by atoms with van der Waals surface area (Å²) in [6, 6.07) is 0.904. The molecule has 0 aromatic carbocycles. The van der Waals surface area contributed by atoms with Gasteiger partial charge in [0.25, 0.3) is 11.8 Å². The number of aromatic nitrogens is 2. The molecule has 31 heavy (non-hydrogen) atoms. The number of β-lactam (4-membered cyclic amide) rings is 1. The first-order valence-corrected chi connectivity index (χ1v) is 11.3. The quantitative estimate of drug-likeness (QED) is 0.196. The highest BCUT2D eigenvalue weighted by molar-refractivity contribution is 8.02. The number of rotatable bonds is 8. The molecule has 3 rings (SSSR count). The molecule has 0 aliphatic carbocycles. The summed E-state index contributed by atoms with van der Waals surface area (Å²) in [6.07, 6.45) is 1.29. The zero-order valence-corrected chi connectivity index (χ0v) is 18.3. The maximum absolute atomic E-state index is 12.7. The second-order valence-corrected chi connectivity index (χ2v) is 8.72. The van der Waals surface area contributed by atoms with Crippen LogP contribution in [0.3, 0.4) is 0 Å². The number of carboxylic acid groups (broad SMARTS) is 1. The predicted molar refractivity (Wildman–Crippen MR) is 115 cm³/mol. The van der Waals surface area contributed by atoms with Crippen molar-refractivity contribution in [2.24, 2.45) is 5.16 Å². The number of aliphatic carboxylic acids is 1. The minimum Gasteiger partial charge on any atom is -0.477 e. The Hall–Kier alpha value is -3.09. The number of carboxylic acids is 1. The fourth-order valence-corrected chi connectivity index (χ4v) is 5.44. The summed E-state index contributed by atoms with van der Waals surface area (Å²) < 4.78 is 3.91. The Balaban J connectivity index is 1.75. The molecule has 2 aliphatic rings. The highest BCUT2D eigenvalue weighted by Gasteiger charge is 2.54. The molecule has 1 aromatic rings. The zero-order valence-electron chi connectivity index (χ0n) is 15.8. The Morgan fingerprint density at radius 3 is 2.97 bits per heavy atom. The van der Waals surface area contributed by atoms with Crippen LogP contribution < -0.4 is 11.1 Å². The molecule has 2 amide bonds. The number of carbonyl (C=O) groups excluding carboxylic acids is 2. The molecule has 0 radical (unpaired) electrons. The lowest BCUT2D eigenvalue weighted by atomic mass is 10.0. The van der Waals surface area contributed by atoms with E-state index in [2.05, 4.69) is 24.7 Å². The molecular formula is C16H15N7O5S3. The van der Waals surface area contributed by atoms with E-state index in [-0.39, 0.29) is 22.4 Å². The van der Waals surface area contributed by atoms with E-state index in [0.717, 1.165) is 16.4 Å². The fraction of sp³-hybridized carbons (Fsp3) is 0.312. The van der Waals surface area contributed by atoms with Crippen molar-refractivity contribution >= 4 is 63.7 Å². The van der Waals surface area contributed by atoms with Gasteiger partial charge in [-0.05, 0) is 11.0 Å². The van der Waals surface area contributed by atoms with E-state index in [4.69, 9.17) is 11.0 Å². The summed E-state index contributed by atoms with van der Waals surface area (Å²) >= 11 is 3.46. The van der Waals surface area contributed by atoms with Crippen LogP contribution in [-0.2, 0) is 19.2 Å². The van der Waals surface area contributed by atoms with Gasteiger partial charge in [-0.1, -0.05) is 5.16 Å². The molecule has 2 atom stereocenters. The smallest absolute Gasteiger partial charge is 0.352 e. The van der Waals surface area contributed by atoms with Crippen LogP contribution in [-0.4, -0.2) is 72.9 Å². The standard InChI is InChI=1S/C16H15N7O5S3/c1-28-21-8(11-20-16(18)31-22-11)12(24)19-9-13(25)23-10(15(26)27)7(6-30-14(9)23)5-29-4-2-3-17/h2,4,9,14H,5-6H2,1H3,(H,19,24)(H,26,27)(H2,18,20,22)/b4-2-,21-8+. The first kappa shape index (κ1) is 22.6. The molecule has 1 saturated heterocycles. The second-order valence-electron chi connectivity index (χ2n) is 5.94. The molecule has 1 aromatic heterocycles. The van der Waals surface area contributed by atoms with Gasteiger partial charge in [0.2, 0.25) is 11.5 Å². The molecule has 2 aliphatic heterocycles. The van der Waals surface area contributed by atoms with Crippen LogP contribution in [0.4, 0.5) is 5.13 Å². The van der Waals surface area contributed by atoms with Gasteiger partial charge in [-0.3, -0.25) is 14.5 Å². The highest BCUT2D eigenvalue weighted by atomic mass is 32.2. The number of carbonyl (C=O) groups is 3. The summed E-state index contributed by atoms with van der Waals surface area (Å²) in [5.74, 6) is -1.90. The molecule has 4 N–H and O–H groups in total. The van der Waals surface area contributed by atoms with Crippen LogP contribution >= 0.6 is 35.1 Å². The van der Waals surface area contributed by atoms with Gasteiger partial charge in [-0.15, -0.1) is 23.5 Å². The lowest BCUT2D eigenvalue weighted by Crippen LogP contribution is -2.71. The number of fused-ring (bicyclic) bond motifs is 1. The molecule has 12 nitrogen and oxygen atoms in total. The number of allylic oxidation sites excluding steroid dienone is 1. The van der Waals surface area contributed by atoms with E-state index in [9.17, 15) is 19.5 Å². The van der Waals surface area contributed by atoms with Crippen LogP contribution in [0.25, 0.3) is 0 Å². The van der Waals surface area contributed by atoms with E-state index in [0.29, 0.717) is 17.1 Å². The van der Waals surface area contributed by atoms with Gasteiger partial charge in [-0.25, -0.2) is 4.79 Å². The van der Waals surface area contributed by atoms with Crippen molar-refractivity contribution in [3.63, 3.8) is 0 Å². The number of nitrogen functional groups attached to an aromatic ring is 1. The summed E-state index contributed by atoms with van der Waals surface area (Å²) in [5.41, 5.74) is 5.75. The first-order valence-electron chi connectivity index (χ1n) is 8.46. The first-order chi connectivity index (χ1) is 14.9. The van der Waals surface area contributed by atoms with Crippen molar-refractivity contribution in [3.05, 3.63) is 28.6 Å². The highest BCUT2D eigenvalue weighted by Crippen LogP contribution is 2.41. The van der Waals surface area contributed by atoms with Gasteiger partial charge in [0, 0.05) is 29.1 Å². The van der Waals surface area contributed by atoms with Gasteiger partial charge in [0.1, 0.15) is 24.2 Å². The Bertz CT molecular complexity index is 1040. The van der Waals surface area contributed by atoms with Crippen molar-refractivity contribution in [2.75, 3.05) is 24.3 Å². The van der Waals surface area contributed by atoms with Crippen LogP contribution in [0.2, 0.25) is 0 Å². The van der Waals surface area contributed by atoms with Gasteiger partial charge < -0.3 is 21.0 Å². The maximum atomic E-state index is 12.7. The lowest BCUT2D eigenvalue weighted by Gasteiger charge is -2.49. The van der Waals surface area contributed by atoms with Crippen molar-refractivity contribution in [3.8, 4) is 6.07 Å². The van der Waals surface area contributed by atoms with E-state index < -0.39 is 29.2 Å². The van der Waals surface area contributed by atoms with Crippen LogP contribution in [0, 0.1) is 11.3 Å². The number of amides is 2. The average molecular weight is 482 g/mol. The predicted octanol–water partition coefficient (Wildman–Crippen LogP) is -0.0201. The SMILES string of the molecule is CO/N=C(/C(=O)NC1C(=O)N2C(C(=O)O)=C(CS/C=C\C#N)CSC12)c1nsc(N)n1. The second kappa shape index (κ2) is 9.81. The topological polar surface area (TPSA) is 184 Å². The number of thioether (sulfide) groups is 2. The van der Waals surface area contributed by atoms with Gasteiger partial charge in [-0.2, -0.15) is 14.6 Å². The van der Waals surface area contributed by atoms with Crippen molar-refractivity contribution < 1.29 is 24.3 Å². The molecule has 162 valence electrons. The Kier molecular flexibility index (Phi) is 7.15. The fourth-order valence-electron chi connectivity index (χ4n) is 2.84. The van der Waals surface area contributed by atoms with Gasteiger partial charge >= 0.3 is 5.97 Å². The number of nitrogens with zero attached hydrogens (tertiary/aromatic N) is 5. The van der Waals surface area contributed by atoms with Gasteiger partial charge in [0.05, 0.1) is 6.07 Å². The van der Waals surface area contributed by atoms with Crippen molar-refractivity contribution in [1.29, 1.82) is 5.26 Å². The number of nitriles is 1. The van der Waals surface area contributed by atoms with Crippen LogP contribution in [0.15, 0.2) is 27.9 Å². The number of hydrogen-bond donors (Lipinski definition) is 3. The minimum absolute atomic E-state index is 0.0439. The largest absolute Gasteiger partial charge is 0.477 e. The third kappa shape index (κ3) is 4.65. The molecule has 15 heteroatoms. The van der Waals surface area contributed by atoms with E-state index in [1.165, 1.54) is 36.7 Å². The molecular weight excluding hydrogens is 466 g/mol. The van der Waals surface area contributed by atoms with Gasteiger partial charge in [0.15, 0.2) is 5.13 Å². The summed E-state index contributed by atoms with van der Waals surface area (Å²) in [6.45, 7) is 0. The third-order valence-corrected chi connectivity index (χ3v) is 6.81. The lowest BCUT2D eigenvalue weighted by molar-refractivity contribution is -0.150. The van der Waals surface area contributed by atoms with E-state index in [1.807, 2.05) is 6.07 Å². The normalized spacial score (nSPS) is 20.8. The molecule has 2 unspecified atom stereocenters. The van der Waals surface area contributed by atoms with Crippen LogP contribution in [0.1, 0.15) is 5.82 Å². The Morgan fingerprint density at radius 2 is 2.35 bits per heavy atom. The summed E-state index contributed by atoms with van der Waals surface area (Å²) in [5, 5.41) is 25.4. The number of oxime groups is 1. The van der Waals surface area contributed by atoms with Crippen LogP contribution in [0.5, 0.6) is 0 Å². The summed E-state index contributed by atoms with van der Waals surface area (Å²) in [7, 11) is 1.24. The Labute approximate surface area is 188 Å². The molecule has 0 bridgehead atoms. The molecule has 3 heterocycles. The van der Waals surface area contributed by atoms with Crippen molar-refractivity contribution in [2.45, 2.75) is 11.4 Å². The third-order valence-electron chi connectivity index (χ3n) is 4.08. The number of hydrogen-bond acceptors (Lipinski definition) is 12. The van der Waals surface area contributed by atoms with E-state index >= 15 is 0 Å². The number of nitrogens with two attached hydrogens (primary N) is 1. The number of nitrogens with one attached hydrogen (secondary N) is 1. The maximum Gasteiger partial charge on any atom is 0.352 e.